The molecule has 1 N–H and O–H groups in total. The van der Waals surface area contributed by atoms with E-state index in [1.54, 1.807) is 0 Å². The lowest BCUT2D eigenvalue weighted by Crippen LogP contribution is -2.48. The van der Waals surface area contributed by atoms with Crippen LogP contribution in [-0.4, -0.2) is 77.1 Å². The zero-order valence-electron chi connectivity index (χ0n) is 25.2. The summed E-state index contributed by atoms with van der Waals surface area (Å²) in [6, 6.07) is 6.71. The highest BCUT2D eigenvalue weighted by Crippen LogP contribution is 2.38. The molecule has 4 aromatic rings. The molecule has 0 spiro atoms. The molecule has 2 aliphatic rings. The molecule has 0 bridgehead atoms. The van der Waals surface area contributed by atoms with Crippen LogP contribution in [0.5, 0.6) is 0 Å². The van der Waals surface area contributed by atoms with Gasteiger partial charge in [0.2, 0.25) is 5.95 Å². The van der Waals surface area contributed by atoms with Crippen LogP contribution in [0.4, 0.5) is 17.5 Å². The van der Waals surface area contributed by atoms with Crippen molar-refractivity contribution in [1.29, 1.82) is 0 Å². The molecule has 1 saturated heterocycles. The van der Waals surface area contributed by atoms with E-state index in [9.17, 15) is 0 Å². The molecule has 6 rings (SSSR count). The van der Waals surface area contributed by atoms with E-state index in [-0.39, 0.29) is 5.04 Å². The van der Waals surface area contributed by atoms with Gasteiger partial charge in [-0.25, -0.2) is 9.97 Å². The molecule has 0 amide bonds. The maximum atomic E-state index is 6.39. The first kappa shape index (κ1) is 28.1. The molecule has 1 aliphatic heterocycles. The van der Waals surface area contributed by atoms with Crippen LogP contribution in [0.25, 0.3) is 21.9 Å². The van der Waals surface area contributed by atoms with Crippen molar-refractivity contribution in [2.45, 2.75) is 70.6 Å². The molecule has 1 aliphatic carbocycles. The number of hydrogen-bond donors (Lipinski definition) is 1. The van der Waals surface area contributed by atoms with E-state index in [4.69, 9.17) is 14.4 Å². The van der Waals surface area contributed by atoms with Crippen molar-refractivity contribution in [1.82, 2.24) is 29.4 Å². The van der Waals surface area contributed by atoms with Crippen molar-refractivity contribution in [2.75, 3.05) is 49.5 Å². The molecule has 9 nitrogen and oxygen atoms in total. The first-order valence-corrected chi connectivity index (χ1v) is 18.1. The fraction of sp³-hybridized carbons (Fsp3) is 0.548. The highest BCUT2D eigenvalue weighted by atomic mass is 28.4. The summed E-state index contributed by atoms with van der Waals surface area (Å²) in [5, 5.41) is 5.84. The maximum Gasteiger partial charge on any atom is 0.230 e. The number of aromatic nitrogens is 5. The number of nitrogens with zero attached hydrogens (tertiary/aromatic N) is 7. The fourth-order valence-electron chi connectivity index (χ4n) is 5.90. The third-order valence-corrected chi connectivity index (χ3v) is 14.0. The van der Waals surface area contributed by atoms with Gasteiger partial charge in [0.1, 0.15) is 11.5 Å². The summed E-state index contributed by atoms with van der Waals surface area (Å²) in [6.45, 7) is 17.5. The van der Waals surface area contributed by atoms with Crippen LogP contribution in [0.2, 0.25) is 18.1 Å². The molecule has 2 fully saturated rings. The zero-order chi connectivity index (χ0) is 28.6. The minimum atomic E-state index is -1.68. The number of fused-ring (bicyclic) bond motifs is 3. The molecule has 10 heteroatoms. The van der Waals surface area contributed by atoms with Crippen LogP contribution in [0.3, 0.4) is 0 Å². The lowest BCUT2D eigenvalue weighted by atomic mass is 10.2. The quantitative estimate of drug-likeness (QED) is 0.244. The summed E-state index contributed by atoms with van der Waals surface area (Å²) in [4.78, 5) is 23.7. The summed E-state index contributed by atoms with van der Waals surface area (Å²) < 4.78 is 8.78. The van der Waals surface area contributed by atoms with Crippen molar-refractivity contribution >= 4 is 47.7 Å². The Morgan fingerprint density at radius 2 is 1.73 bits per heavy atom. The molecule has 5 heterocycles. The Labute approximate surface area is 244 Å². The first-order chi connectivity index (χ1) is 19.7. The van der Waals surface area contributed by atoms with Gasteiger partial charge in [0.15, 0.2) is 8.32 Å². The molecule has 1 saturated carbocycles. The zero-order valence-corrected chi connectivity index (χ0v) is 26.2. The van der Waals surface area contributed by atoms with Gasteiger partial charge in [-0.15, -0.1) is 0 Å². The van der Waals surface area contributed by atoms with Gasteiger partial charge in [-0.1, -0.05) is 33.6 Å². The maximum absolute atomic E-state index is 6.39. The topological polar surface area (TPSA) is 84.2 Å². The fourth-order valence-corrected chi connectivity index (χ4v) is 6.93. The van der Waals surface area contributed by atoms with E-state index in [0.29, 0.717) is 12.0 Å². The number of rotatable bonds is 8. The third kappa shape index (κ3) is 5.82. The highest BCUT2D eigenvalue weighted by molar-refractivity contribution is 6.74. The minimum absolute atomic E-state index is 0.256. The first-order valence-electron chi connectivity index (χ1n) is 15.1. The number of piperazine rings is 1. The Morgan fingerprint density at radius 1 is 0.951 bits per heavy atom. The van der Waals surface area contributed by atoms with E-state index in [2.05, 4.69) is 75.6 Å². The average Bonchev–Trinajstić information content (AvgIpc) is 3.59. The Morgan fingerprint density at radius 3 is 2.44 bits per heavy atom. The van der Waals surface area contributed by atoms with Gasteiger partial charge in [0.25, 0.3) is 0 Å². The molecule has 4 aromatic heterocycles. The standard InChI is InChI=1S/C31H44N8OSi/c1-31(2,3)41(4,5)40-19-18-37-14-16-38(17-15-37)24-10-11-28(33-20-24)35-30-34-21-26-25-12-13-32-22-27(25)39(29(26)36-30)23-8-6-7-9-23/h10-13,20-23H,6-9,14-19H2,1-5H3,(H,33,34,35,36). The lowest BCUT2D eigenvalue weighted by Gasteiger charge is -2.38. The van der Waals surface area contributed by atoms with Crippen LogP contribution >= 0.6 is 0 Å². The van der Waals surface area contributed by atoms with Crippen molar-refractivity contribution in [3.8, 4) is 0 Å². The molecular weight excluding hydrogens is 528 g/mol. The second-order valence-electron chi connectivity index (χ2n) is 13.1. The van der Waals surface area contributed by atoms with Gasteiger partial charge in [-0.3, -0.25) is 9.88 Å². The van der Waals surface area contributed by atoms with Crippen molar-refractivity contribution < 1.29 is 4.43 Å². The van der Waals surface area contributed by atoms with Crippen LogP contribution in [0.1, 0.15) is 52.5 Å². The highest BCUT2D eigenvalue weighted by Gasteiger charge is 2.37. The number of anilines is 3. The summed E-state index contributed by atoms with van der Waals surface area (Å²) in [6.07, 6.45) is 12.6. The average molecular weight is 573 g/mol. The van der Waals surface area contributed by atoms with Crippen molar-refractivity contribution in [3.63, 3.8) is 0 Å². The Bertz CT molecular complexity index is 1480. The van der Waals surface area contributed by atoms with E-state index in [1.165, 1.54) is 31.1 Å². The van der Waals surface area contributed by atoms with Crippen LogP contribution in [0.15, 0.2) is 43.0 Å². The summed E-state index contributed by atoms with van der Waals surface area (Å²) >= 11 is 0. The van der Waals surface area contributed by atoms with Gasteiger partial charge in [-0.2, -0.15) is 4.98 Å². The van der Waals surface area contributed by atoms with E-state index in [0.717, 1.165) is 67.4 Å². The lowest BCUT2D eigenvalue weighted by molar-refractivity contribution is 0.191. The largest absolute Gasteiger partial charge is 0.416 e. The van der Waals surface area contributed by atoms with E-state index in [1.807, 2.05) is 30.9 Å². The Hall–Kier alpha value is -3.08. The van der Waals surface area contributed by atoms with Gasteiger partial charge in [-0.05, 0) is 49.2 Å². The number of hydrogen-bond acceptors (Lipinski definition) is 8. The Kier molecular flexibility index (Phi) is 7.73. The summed E-state index contributed by atoms with van der Waals surface area (Å²) in [7, 11) is -1.68. The van der Waals surface area contributed by atoms with E-state index >= 15 is 0 Å². The Balaban J connectivity index is 1.08. The smallest absolute Gasteiger partial charge is 0.230 e. The number of pyridine rings is 2. The second-order valence-corrected chi connectivity index (χ2v) is 17.9. The van der Waals surface area contributed by atoms with Gasteiger partial charge < -0.3 is 19.2 Å². The molecule has 0 unspecified atom stereocenters. The minimum Gasteiger partial charge on any atom is -0.416 e. The monoisotopic (exact) mass is 572 g/mol. The summed E-state index contributed by atoms with van der Waals surface area (Å²) in [5.41, 5.74) is 3.27. The van der Waals surface area contributed by atoms with E-state index < -0.39 is 8.32 Å². The normalized spacial score (nSPS) is 17.6. The molecule has 41 heavy (non-hydrogen) atoms. The van der Waals surface area contributed by atoms with Gasteiger partial charge in [0, 0.05) is 68.5 Å². The molecule has 218 valence electrons. The number of nitrogens with one attached hydrogen (secondary N) is 1. The van der Waals surface area contributed by atoms with Crippen molar-refractivity contribution in [3.05, 3.63) is 43.0 Å². The van der Waals surface area contributed by atoms with Crippen LogP contribution < -0.4 is 10.2 Å². The molecular formula is C31H44N8OSi. The molecule has 0 radical (unpaired) electrons. The predicted octanol–water partition coefficient (Wildman–Crippen LogP) is 6.38. The summed E-state index contributed by atoms with van der Waals surface area (Å²) in [5.74, 6) is 1.32. The van der Waals surface area contributed by atoms with Crippen molar-refractivity contribution in [2.24, 2.45) is 0 Å². The van der Waals surface area contributed by atoms with Crippen LogP contribution in [0, 0.1) is 0 Å². The van der Waals surface area contributed by atoms with Gasteiger partial charge >= 0.3 is 0 Å². The third-order valence-electron chi connectivity index (χ3n) is 9.44. The second kappa shape index (κ2) is 11.3. The predicted molar refractivity (Wildman–Crippen MR) is 170 cm³/mol. The SMILES string of the molecule is CC(C)(C)[Si](C)(C)OCCN1CCN(c2ccc(Nc3ncc4c5ccncc5n(C5CCCC5)c4n3)nc2)CC1. The van der Waals surface area contributed by atoms with Gasteiger partial charge in [0.05, 0.1) is 23.6 Å². The van der Waals surface area contributed by atoms with Crippen LogP contribution in [-0.2, 0) is 4.43 Å². The molecule has 0 atom stereocenters. The molecule has 0 aromatic carbocycles.